The van der Waals surface area contributed by atoms with E-state index in [-0.39, 0.29) is 5.82 Å². The highest BCUT2D eigenvalue weighted by atomic mass is 16.5. The largest absolute Gasteiger partial charge is 0.497 e. The molecule has 6 nitrogen and oxygen atoms in total. The van der Waals surface area contributed by atoms with E-state index >= 15 is 0 Å². The van der Waals surface area contributed by atoms with Crippen LogP contribution in [0.2, 0.25) is 0 Å². The van der Waals surface area contributed by atoms with Crippen LogP contribution >= 0.6 is 0 Å². The van der Waals surface area contributed by atoms with Crippen molar-refractivity contribution in [3.05, 3.63) is 36.4 Å². The average Bonchev–Trinajstić information content (AvgIpc) is 2.89. The summed E-state index contributed by atoms with van der Waals surface area (Å²) in [7, 11) is 1.59. The van der Waals surface area contributed by atoms with Gasteiger partial charge in [0.2, 0.25) is 0 Å². The average molecular weight is 247 g/mol. The third-order valence-electron chi connectivity index (χ3n) is 2.27. The molecule has 0 fully saturated rings. The van der Waals surface area contributed by atoms with E-state index in [9.17, 15) is 4.79 Å². The minimum Gasteiger partial charge on any atom is -0.497 e. The summed E-state index contributed by atoms with van der Waals surface area (Å²) < 4.78 is 11.4. The van der Waals surface area contributed by atoms with Crippen molar-refractivity contribution in [2.24, 2.45) is 0 Å². The molecule has 0 aliphatic rings. The molecule has 0 saturated carbocycles. The van der Waals surface area contributed by atoms with Crippen molar-refractivity contribution in [1.29, 1.82) is 0 Å². The van der Waals surface area contributed by atoms with Crippen LogP contribution in [0.1, 0.15) is 17.5 Å². The van der Waals surface area contributed by atoms with Gasteiger partial charge in [-0.25, -0.2) is 14.5 Å². The summed E-state index contributed by atoms with van der Waals surface area (Å²) in [5.74, 6) is 0.222. The van der Waals surface area contributed by atoms with Crippen LogP contribution < -0.4 is 4.74 Å². The van der Waals surface area contributed by atoms with Crippen molar-refractivity contribution in [2.45, 2.75) is 6.92 Å². The molecule has 0 N–H and O–H groups in total. The zero-order valence-electron chi connectivity index (χ0n) is 10.2. The number of rotatable bonds is 4. The van der Waals surface area contributed by atoms with Crippen LogP contribution in [-0.2, 0) is 4.74 Å². The van der Waals surface area contributed by atoms with Crippen molar-refractivity contribution in [3.63, 3.8) is 0 Å². The molecule has 1 aromatic carbocycles. The number of hydrogen-bond donors (Lipinski definition) is 0. The highest BCUT2D eigenvalue weighted by Crippen LogP contribution is 2.15. The van der Waals surface area contributed by atoms with Crippen LogP contribution in [0.15, 0.2) is 30.6 Å². The van der Waals surface area contributed by atoms with E-state index in [0.29, 0.717) is 12.4 Å². The fraction of sp³-hybridized carbons (Fsp3) is 0.250. The van der Waals surface area contributed by atoms with E-state index in [1.807, 2.05) is 18.2 Å². The molecule has 0 amide bonds. The van der Waals surface area contributed by atoms with E-state index < -0.39 is 5.97 Å². The van der Waals surface area contributed by atoms with Gasteiger partial charge in [0, 0.05) is 6.07 Å². The van der Waals surface area contributed by atoms with E-state index in [0.717, 1.165) is 5.69 Å². The number of ether oxygens (including phenoxy) is 2. The molecule has 0 aliphatic heterocycles. The molecule has 0 spiro atoms. The minimum absolute atomic E-state index is 0.0414. The Balaban J connectivity index is 2.26. The molecular weight excluding hydrogens is 234 g/mol. The molecule has 6 heteroatoms. The van der Waals surface area contributed by atoms with Crippen molar-refractivity contribution < 1.29 is 14.3 Å². The van der Waals surface area contributed by atoms with E-state index in [4.69, 9.17) is 9.47 Å². The van der Waals surface area contributed by atoms with Gasteiger partial charge < -0.3 is 9.47 Å². The molecule has 0 unspecified atom stereocenters. The Morgan fingerprint density at radius 3 is 3.00 bits per heavy atom. The SMILES string of the molecule is CCOC(=O)c1ncn(-c2cccc(OC)c2)n1. The first-order chi connectivity index (χ1) is 8.74. The first kappa shape index (κ1) is 12.1. The second-order valence-corrected chi connectivity index (χ2v) is 3.43. The monoisotopic (exact) mass is 247 g/mol. The molecule has 94 valence electrons. The summed E-state index contributed by atoms with van der Waals surface area (Å²) in [6.45, 7) is 2.03. The lowest BCUT2D eigenvalue weighted by Crippen LogP contribution is -2.07. The van der Waals surface area contributed by atoms with Gasteiger partial charge in [-0.15, -0.1) is 5.10 Å². The Morgan fingerprint density at radius 2 is 2.28 bits per heavy atom. The lowest BCUT2D eigenvalue weighted by Gasteiger charge is -2.03. The van der Waals surface area contributed by atoms with Gasteiger partial charge in [0.05, 0.1) is 19.4 Å². The predicted octanol–water partition coefficient (Wildman–Crippen LogP) is 1.45. The number of nitrogens with zero attached hydrogens (tertiary/aromatic N) is 3. The van der Waals surface area contributed by atoms with E-state index in [1.54, 1.807) is 20.1 Å². The fourth-order valence-corrected chi connectivity index (χ4v) is 1.43. The Morgan fingerprint density at radius 1 is 1.44 bits per heavy atom. The fourth-order valence-electron chi connectivity index (χ4n) is 1.43. The molecule has 2 rings (SSSR count). The second-order valence-electron chi connectivity index (χ2n) is 3.43. The van der Waals surface area contributed by atoms with Crippen LogP contribution in [0.4, 0.5) is 0 Å². The topological polar surface area (TPSA) is 66.2 Å². The van der Waals surface area contributed by atoms with Crippen molar-refractivity contribution in [1.82, 2.24) is 14.8 Å². The Labute approximate surface area is 104 Å². The third kappa shape index (κ3) is 2.48. The van der Waals surface area contributed by atoms with Crippen LogP contribution in [0.3, 0.4) is 0 Å². The van der Waals surface area contributed by atoms with Gasteiger partial charge in [-0.2, -0.15) is 0 Å². The number of esters is 1. The Bertz CT molecular complexity index is 551. The maximum absolute atomic E-state index is 11.4. The maximum atomic E-state index is 11.4. The third-order valence-corrected chi connectivity index (χ3v) is 2.27. The van der Waals surface area contributed by atoms with Gasteiger partial charge in [-0.3, -0.25) is 0 Å². The molecule has 0 bridgehead atoms. The van der Waals surface area contributed by atoms with Gasteiger partial charge in [0.1, 0.15) is 12.1 Å². The van der Waals surface area contributed by atoms with E-state index in [1.165, 1.54) is 11.0 Å². The van der Waals surface area contributed by atoms with E-state index in [2.05, 4.69) is 10.1 Å². The molecule has 18 heavy (non-hydrogen) atoms. The summed E-state index contributed by atoms with van der Waals surface area (Å²) in [5, 5.41) is 4.05. The zero-order valence-corrected chi connectivity index (χ0v) is 10.2. The molecule has 0 aliphatic carbocycles. The number of aromatic nitrogens is 3. The Hall–Kier alpha value is -2.37. The first-order valence-electron chi connectivity index (χ1n) is 5.47. The molecular formula is C12H13N3O3. The summed E-state index contributed by atoms with van der Waals surface area (Å²) in [4.78, 5) is 15.3. The smallest absolute Gasteiger partial charge is 0.378 e. The van der Waals surface area contributed by atoms with Gasteiger partial charge in [-0.05, 0) is 19.1 Å². The highest BCUT2D eigenvalue weighted by molar-refractivity contribution is 5.84. The molecule has 0 atom stereocenters. The number of benzene rings is 1. The lowest BCUT2D eigenvalue weighted by molar-refractivity contribution is 0.0512. The van der Waals surface area contributed by atoms with Gasteiger partial charge in [0.25, 0.3) is 5.82 Å². The lowest BCUT2D eigenvalue weighted by atomic mass is 10.3. The van der Waals surface area contributed by atoms with Gasteiger partial charge >= 0.3 is 5.97 Å². The highest BCUT2D eigenvalue weighted by Gasteiger charge is 2.12. The van der Waals surface area contributed by atoms with Crippen molar-refractivity contribution >= 4 is 5.97 Å². The van der Waals surface area contributed by atoms with Crippen LogP contribution in [0, 0.1) is 0 Å². The minimum atomic E-state index is -0.529. The molecule has 1 aromatic heterocycles. The van der Waals surface area contributed by atoms with Gasteiger partial charge in [-0.1, -0.05) is 6.07 Å². The molecule has 1 heterocycles. The predicted molar refractivity (Wildman–Crippen MR) is 63.9 cm³/mol. The molecule has 0 radical (unpaired) electrons. The normalized spacial score (nSPS) is 10.1. The second kappa shape index (κ2) is 5.31. The van der Waals surface area contributed by atoms with Crippen LogP contribution in [0.5, 0.6) is 5.75 Å². The zero-order chi connectivity index (χ0) is 13.0. The quantitative estimate of drug-likeness (QED) is 0.765. The summed E-state index contributed by atoms with van der Waals surface area (Å²) >= 11 is 0. The number of methoxy groups -OCH3 is 1. The van der Waals surface area contributed by atoms with Crippen LogP contribution in [-0.4, -0.2) is 34.5 Å². The number of carbonyl (C=O) groups is 1. The molecule has 2 aromatic rings. The van der Waals surface area contributed by atoms with Crippen molar-refractivity contribution in [3.8, 4) is 11.4 Å². The summed E-state index contributed by atoms with van der Waals surface area (Å²) in [6, 6.07) is 7.29. The summed E-state index contributed by atoms with van der Waals surface area (Å²) in [6.07, 6.45) is 1.46. The number of carbonyl (C=O) groups excluding carboxylic acids is 1. The first-order valence-corrected chi connectivity index (χ1v) is 5.47. The standard InChI is InChI=1S/C12H13N3O3/c1-3-18-12(16)11-13-8-15(14-11)9-5-4-6-10(7-9)17-2/h4-8H,3H2,1-2H3. The van der Waals surface area contributed by atoms with Crippen LogP contribution in [0.25, 0.3) is 5.69 Å². The number of hydrogen-bond acceptors (Lipinski definition) is 5. The van der Waals surface area contributed by atoms with Crippen molar-refractivity contribution in [2.75, 3.05) is 13.7 Å². The molecule has 0 saturated heterocycles. The van der Waals surface area contributed by atoms with Gasteiger partial charge in [0.15, 0.2) is 0 Å². The Kier molecular flexibility index (Phi) is 3.57. The summed E-state index contributed by atoms with van der Waals surface area (Å²) in [5.41, 5.74) is 0.761. The maximum Gasteiger partial charge on any atom is 0.378 e.